The predicted octanol–water partition coefficient (Wildman–Crippen LogP) is 3.53. The summed E-state index contributed by atoms with van der Waals surface area (Å²) in [7, 11) is 2.02. The molecular formula is C30H29F2N7O3S. The van der Waals surface area contributed by atoms with Gasteiger partial charge in [-0.1, -0.05) is 0 Å². The minimum absolute atomic E-state index is 0.00515. The average molecular weight is 606 g/mol. The van der Waals surface area contributed by atoms with Gasteiger partial charge in [0.2, 0.25) is 0 Å². The molecule has 2 aromatic carbocycles. The number of hydrogen-bond donors (Lipinski definition) is 2. The van der Waals surface area contributed by atoms with E-state index in [0.717, 1.165) is 31.6 Å². The number of piperazine rings is 1. The third kappa shape index (κ3) is 4.16. The van der Waals surface area contributed by atoms with Crippen molar-refractivity contribution in [2.24, 2.45) is 0 Å². The van der Waals surface area contributed by atoms with E-state index in [1.165, 1.54) is 17.4 Å². The zero-order valence-corrected chi connectivity index (χ0v) is 24.3. The van der Waals surface area contributed by atoms with Crippen molar-refractivity contribution in [3.05, 3.63) is 40.5 Å². The van der Waals surface area contributed by atoms with Gasteiger partial charge in [-0.05, 0) is 36.7 Å². The van der Waals surface area contributed by atoms with Crippen LogP contribution in [0, 0.1) is 23.0 Å². The molecule has 2 unspecified atom stereocenters. The molecule has 8 rings (SSSR count). The maximum atomic E-state index is 17.1. The van der Waals surface area contributed by atoms with Gasteiger partial charge in [0.15, 0.2) is 5.82 Å². The first-order chi connectivity index (χ1) is 20.9. The highest BCUT2D eigenvalue weighted by atomic mass is 32.1. The number of nitrogens with zero attached hydrogens (tertiary/aromatic N) is 5. The topological polar surface area (TPSA) is 122 Å². The minimum atomic E-state index is -0.703. The average Bonchev–Trinajstić information content (AvgIpc) is 3.61. The molecule has 0 radical (unpaired) electrons. The van der Waals surface area contributed by atoms with Gasteiger partial charge in [-0.25, -0.2) is 8.78 Å². The fourth-order valence-corrected chi connectivity index (χ4v) is 7.93. The highest BCUT2D eigenvalue weighted by Gasteiger charge is 2.44. The van der Waals surface area contributed by atoms with E-state index in [1.807, 2.05) is 7.05 Å². The van der Waals surface area contributed by atoms with Crippen LogP contribution in [0.4, 0.5) is 19.6 Å². The van der Waals surface area contributed by atoms with E-state index in [-0.39, 0.29) is 71.2 Å². The third-order valence-corrected chi connectivity index (χ3v) is 10.0. The molecule has 10 nitrogen and oxygen atoms in total. The summed E-state index contributed by atoms with van der Waals surface area (Å²) < 4.78 is 51.3. The van der Waals surface area contributed by atoms with Crippen molar-refractivity contribution in [1.82, 2.24) is 20.2 Å². The number of nitriles is 1. The first-order valence-electron chi connectivity index (χ1n) is 14.4. The summed E-state index contributed by atoms with van der Waals surface area (Å²) >= 11 is 1.17. The molecule has 0 spiro atoms. The Labute approximate surface area is 249 Å². The van der Waals surface area contributed by atoms with Gasteiger partial charge in [0, 0.05) is 59.5 Å². The van der Waals surface area contributed by atoms with Crippen LogP contribution in [0.1, 0.15) is 23.1 Å². The molecule has 2 aromatic heterocycles. The molecule has 0 amide bonds. The van der Waals surface area contributed by atoms with Crippen LogP contribution in [0.25, 0.3) is 32.1 Å². The molecule has 4 aromatic rings. The number of thiophene rings is 1. The van der Waals surface area contributed by atoms with Crippen molar-refractivity contribution in [3.8, 4) is 23.2 Å². The number of nitrogens with one attached hydrogen (secondary N) is 1. The van der Waals surface area contributed by atoms with Crippen molar-refractivity contribution >= 4 is 43.1 Å². The zero-order chi connectivity index (χ0) is 29.4. The molecule has 13 heteroatoms. The van der Waals surface area contributed by atoms with Crippen LogP contribution in [0.3, 0.4) is 0 Å². The minimum Gasteiger partial charge on any atom is -0.461 e. The Hall–Kier alpha value is -3.67. The molecule has 6 heterocycles. The monoisotopic (exact) mass is 605 g/mol. The Balaban J connectivity index is 1.35. The van der Waals surface area contributed by atoms with Crippen molar-refractivity contribution in [2.45, 2.75) is 37.8 Å². The number of rotatable bonds is 5. The van der Waals surface area contributed by atoms with Gasteiger partial charge < -0.3 is 35.1 Å². The number of fused-ring (bicyclic) bond motifs is 6. The number of halogens is 2. The number of aromatic nitrogens is 2. The Morgan fingerprint density at radius 3 is 2.74 bits per heavy atom. The summed E-state index contributed by atoms with van der Waals surface area (Å²) in [6.45, 7) is 4.22. The summed E-state index contributed by atoms with van der Waals surface area (Å²) in [6, 6.07) is 5.40. The van der Waals surface area contributed by atoms with Crippen LogP contribution in [-0.2, 0) is 22.7 Å². The molecular weight excluding hydrogens is 576 g/mol. The quantitative estimate of drug-likeness (QED) is 0.350. The molecule has 3 atom stereocenters. The highest BCUT2D eigenvalue weighted by Crippen LogP contribution is 2.49. The van der Waals surface area contributed by atoms with E-state index in [1.54, 1.807) is 6.07 Å². The van der Waals surface area contributed by atoms with E-state index in [0.29, 0.717) is 40.0 Å². The van der Waals surface area contributed by atoms with Crippen molar-refractivity contribution in [3.63, 3.8) is 0 Å². The van der Waals surface area contributed by atoms with Crippen LogP contribution in [0.5, 0.6) is 6.01 Å². The normalized spacial score (nSPS) is 23.4. The number of morpholine rings is 1. The number of likely N-dealkylation sites (N-methyl/N-ethyl adjacent to an activating group) is 1. The number of benzene rings is 2. The summed E-state index contributed by atoms with van der Waals surface area (Å²) in [5, 5.41) is 14.5. The molecule has 3 N–H and O–H groups in total. The van der Waals surface area contributed by atoms with Gasteiger partial charge >= 0.3 is 6.01 Å². The lowest BCUT2D eigenvalue weighted by Crippen LogP contribution is -2.68. The smallest absolute Gasteiger partial charge is 0.319 e. The van der Waals surface area contributed by atoms with Crippen LogP contribution in [0.2, 0.25) is 0 Å². The molecule has 43 heavy (non-hydrogen) atoms. The fraction of sp³-hybridized carbons (Fsp3) is 0.433. The number of piperidine rings is 1. The van der Waals surface area contributed by atoms with E-state index < -0.39 is 11.6 Å². The molecule has 2 bridgehead atoms. The Bertz CT molecular complexity index is 1830. The van der Waals surface area contributed by atoms with E-state index in [9.17, 15) is 5.26 Å². The number of ether oxygens (including phenoxy) is 3. The largest absolute Gasteiger partial charge is 0.461 e. The van der Waals surface area contributed by atoms with E-state index in [2.05, 4.69) is 26.2 Å². The van der Waals surface area contributed by atoms with Gasteiger partial charge in [0.05, 0.1) is 30.8 Å². The second-order valence-electron chi connectivity index (χ2n) is 11.6. The maximum Gasteiger partial charge on any atom is 0.319 e. The maximum absolute atomic E-state index is 17.1. The first-order valence-corrected chi connectivity index (χ1v) is 15.2. The summed E-state index contributed by atoms with van der Waals surface area (Å²) in [5.74, 6) is -0.750. The second kappa shape index (κ2) is 10.2. The fourth-order valence-electron chi connectivity index (χ4n) is 7.01. The summed E-state index contributed by atoms with van der Waals surface area (Å²) in [4.78, 5) is 13.9. The number of nitrogens with two attached hydrogens (primary N) is 1. The summed E-state index contributed by atoms with van der Waals surface area (Å²) in [5.41, 5.74) is 7.60. The Kier molecular flexibility index (Phi) is 6.39. The number of nitrogen functional groups attached to an aromatic ring is 1. The first kappa shape index (κ1) is 26.9. The second-order valence-corrected chi connectivity index (χ2v) is 12.7. The standard InChI is InChI=1S/C30H29F2N7O3S/c1-38-4-5-41-16(10-38)11-42-30-36-27-24(29(37-30)39-14-6-15(39)9-35-8-14)19-13-40-12-18(19)23(26(27)32)25-20(31)2-3-21-22(25)17(7-33)28(34)43-21/h2-3,14-16,35H,4-6,8-13,34H2,1H3/t14?,15?,16-/m1/s1. The summed E-state index contributed by atoms with van der Waals surface area (Å²) in [6.07, 6.45) is 0.836. The lowest BCUT2D eigenvalue weighted by molar-refractivity contribution is -0.0416. The zero-order valence-electron chi connectivity index (χ0n) is 23.5. The lowest BCUT2D eigenvalue weighted by atomic mass is 9.86. The van der Waals surface area contributed by atoms with E-state index >= 15 is 8.78 Å². The highest BCUT2D eigenvalue weighted by molar-refractivity contribution is 7.23. The van der Waals surface area contributed by atoms with Crippen LogP contribution in [0.15, 0.2) is 12.1 Å². The lowest BCUT2D eigenvalue weighted by Gasteiger charge is -2.54. The Morgan fingerprint density at radius 2 is 1.98 bits per heavy atom. The van der Waals surface area contributed by atoms with Gasteiger partial charge in [-0.3, -0.25) is 0 Å². The third-order valence-electron chi connectivity index (χ3n) is 9.03. The molecule has 0 aliphatic carbocycles. The number of anilines is 2. The molecule has 4 aliphatic rings. The van der Waals surface area contributed by atoms with Gasteiger partial charge in [0.25, 0.3) is 0 Å². The molecule has 222 valence electrons. The van der Waals surface area contributed by atoms with Crippen LogP contribution < -0.4 is 20.7 Å². The molecule has 3 fully saturated rings. The van der Waals surface area contributed by atoms with Crippen molar-refractivity contribution in [1.29, 1.82) is 5.26 Å². The van der Waals surface area contributed by atoms with Crippen LogP contribution in [-0.4, -0.2) is 79.5 Å². The van der Waals surface area contributed by atoms with Gasteiger partial charge in [-0.15, -0.1) is 11.3 Å². The Morgan fingerprint density at radius 1 is 1.16 bits per heavy atom. The van der Waals surface area contributed by atoms with Crippen molar-refractivity contribution < 1.29 is 23.0 Å². The van der Waals surface area contributed by atoms with Gasteiger partial charge in [-0.2, -0.15) is 15.2 Å². The van der Waals surface area contributed by atoms with Crippen LogP contribution >= 0.6 is 11.3 Å². The van der Waals surface area contributed by atoms with Gasteiger partial charge in [0.1, 0.15) is 40.9 Å². The number of hydrogen-bond acceptors (Lipinski definition) is 11. The predicted molar refractivity (Wildman–Crippen MR) is 158 cm³/mol. The van der Waals surface area contributed by atoms with Crippen molar-refractivity contribution in [2.75, 3.05) is 57.1 Å². The van der Waals surface area contributed by atoms with E-state index in [4.69, 9.17) is 24.9 Å². The molecule has 3 saturated heterocycles. The SMILES string of the molecule is CN1CCO[C@@H](COc2nc(N3C4CNCC3C4)c3c4c(c(-c5c(F)ccc6sc(N)c(C#N)c56)c(F)c3n2)COC4)C1. The molecule has 0 saturated carbocycles. The molecule has 4 aliphatic heterocycles.